The highest BCUT2D eigenvalue weighted by Gasteiger charge is 2.16. The molecule has 1 rings (SSSR count). The fourth-order valence-electron chi connectivity index (χ4n) is 1.18. The maximum atomic E-state index is 10.8. The van der Waals surface area contributed by atoms with E-state index in [4.69, 9.17) is 5.73 Å². The van der Waals surface area contributed by atoms with Crippen molar-refractivity contribution >= 4 is 12.1 Å². The van der Waals surface area contributed by atoms with Crippen molar-refractivity contribution in [2.45, 2.75) is 19.4 Å². The molecule has 0 aliphatic carbocycles. The molecule has 0 heterocycles. The summed E-state index contributed by atoms with van der Waals surface area (Å²) >= 11 is 0. The molecule has 2 N–H and O–H groups in total. The van der Waals surface area contributed by atoms with E-state index in [1.807, 2.05) is 32.0 Å². The van der Waals surface area contributed by atoms with Crippen molar-refractivity contribution in [3.63, 3.8) is 0 Å². The van der Waals surface area contributed by atoms with Crippen molar-refractivity contribution in [1.82, 2.24) is 0 Å². The van der Waals surface area contributed by atoms with Crippen LogP contribution in [0.4, 0.5) is 5.69 Å². The first-order chi connectivity index (χ1) is 6.53. The van der Waals surface area contributed by atoms with Crippen molar-refractivity contribution in [3.05, 3.63) is 30.3 Å². The molecule has 0 unspecified atom stereocenters. The number of carbonyl (C=O) groups is 1. The minimum Gasteiger partial charge on any atom is -0.324 e. The number of nitrogens with zero attached hydrogens (tertiary/aromatic N) is 1. The summed E-state index contributed by atoms with van der Waals surface area (Å²) < 4.78 is 0. The monoisotopic (exact) mass is 191 g/mol. The van der Waals surface area contributed by atoms with Gasteiger partial charge in [0, 0.05) is 18.2 Å². The molecule has 0 fully saturated rings. The Labute approximate surface area is 84.5 Å². The van der Waals surface area contributed by atoms with Gasteiger partial charge in [0.15, 0.2) is 0 Å². The normalized spacial score (nSPS) is 11.1. The second-order valence-electron chi connectivity index (χ2n) is 3.97. The van der Waals surface area contributed by atoms with Crippen LogP contribution in [0.3, 0.4) is 0 Å². The van der Waals surface area contributed by atoms with Crippen molar-refractivity contribution in [2.24, 2.45) is 5.73 Å². The van der Waals surface area contributed by atoms with Crippen LogP contribution < -0.4 is 10.6 Å². The number of amides is 1. The quantitative estimate of drug-likeness (QED) is 0.726. The van der Waals surface area contributed by atoms with E-state index in [1.165, 1.54) is 0 Å². The standard InChI is InChI=1S/C11H15N2O/c1-11(2,12)8-13(9-14)10-6-4-3-5-7-10/h3-6,9H,8,12H2,1-2H3. The predicted octanol–water partition coefficient (Wildman–Crippen LogP) is 1.19. The van der Waals surface area contributed by atoms with Crippen LogP contribution in [0.5, 0.6) is 0 Å². The minimum atomic E-state index is -0.398. The van der Waals surface area contributed by atoms with Crippen LogP contribution in [0.25, 0.3) is 0 Å². The Kier molecular flexibility index (Phi) is 3.25. The van der Waals surface area contributed by atoms with Gasteiger partial charge in [-0.2, -0.15) is 0 Å². The lowest BCUT2D eigenvalue weighted by Gasteiger charge is -2.26. The van der Waals surface area contributed by atoms with Gasteiger partial charge in [-0.25, -0.2) is 0 Å². The third-order valence-electron chi connectivity index (χ3n) is 1.71. The first-order valence-corrected chi connectivity index (χ1v) is 4.50. The third-order valence-corrected chi connectivity index (χ3v) is 1.71. The minimum absolute atomic E-state index is 0.398. The van der Waals surface area contributed by atoms with Crippen LogP contribution >= 0.6 is 0 Å². The summed E-state index contributed by atoms with van der Waals surface area (Å²) in [5, 5.41) is 0. The van der Waals surface area contributed by atoms with Gasteiger partial charge in [0.05, 0.1) is 5.69 Å². The zero-order valence-corrected chi connectivity index (χ0v) is 8.53. The number of benzene rings is 1. The van der Waals surface area contributed by atoms with Gasteiger partial charge in [-0.05, 0) is 19.9 Å². The maximum absolute atomic E-state index is 10.8. The van der Waals surface area contributed by atoms with Crippen LogP contribution in [0.15, 0.2) is 24.3 Å². The largest absolute Gasteiger partial charge is 0.324 e. The molecule has 0 aromatic heterocycles. The fraction of sp³-hybridized carbons (Fsp3) is 0.364. The van der Waals surface area contributed by atoms with Crippen molar-refractivity contribution in [2.75, 3.05) is 11.4 Å². The van der Waals surface area contributed by atoms with E-state index in [-0.39, 0.29) is 0 Å². The molecule has 3 heteroatoms. The molecule has 0 atom stereocenters. The highest BCUT2D eigenvalue weighted by Crippen LogP contribution is 2.12. The summed E-state index contributed by atoms with van der Waals surface area (Å²) in [5.41, 5.74) is 6.19. The Morgan fingerprint density at radius 3 is 2.71 bits per heavy atom. The summed E-state index contributed by atoms with van der Waals surface area (Å²) in [4.78, 5) is 12.4. The van der Waals surface area contributed by atoms with Gasteiger partial charge in [0.2, 0.25) is 6.41 Å². The molecule has 3 nitrogen and oxygen atoms in total. The molecule has 0 saturated carbocycles. The second kappa shape index (κ2) is 4.24. The first kappa shape index (κ1) is 10.7. The molecule has 0 saturated heterocycles. The molecule has 14 heavy (non-hydrogen) atoms. The second-order valence-corrected chi connectivity index (χ2v) is 3.97. The van der Waals surface area contributed by atoms with Crippen molar-refractivity contribution in [1.29, 1.82) is 0 Å². The van der Waals surface area contributed by atoms with Crippen LogP contribution in [-0.4, -0.2) is 18.5 Å². The van der Waals surface area contributed by atoms with Gasteiger partial charge >= 0.3 is 0 Å². The molecule has 0 aliphatic rings. The number of anilines is 1. The number of hydrogen-bond donors (Lipinski definition) is 1. The van der Waals surface area contributed by atoms with E-state index in [1.54, 1.807) is 11.0 Å². The lowest BCUT2D eigenvalue weighted by atomic mass is 10.1. The smallest absolute Gasteiger partial charge is 0.214 e. The van der Waals surface area contributed by atoms with Crippen molar-refractivity contribution in [3.8, 4) is 0 Å². The summed E-state index contributed by atoms with van der Waals surface area (Å²) in [6.45, 7) is 4.25. The summed E-state index contributed by atoms with van der Waals surface area (Å²) in [6, 6.07) is 10.3. The van der Waals surface area contributed by atoms with E-state index in [0.717, 1.165) is 12.1 Å². The Balaban J connectivity index is 2.78. The lowest BCUT2D eigenvalue weighted by Crippen LogP contribution is -2.45. The van der Waals surface area contributed by atoms with Gasteiger partial charge in [0.1, 0.15) is 0 Å². The van der Waals surface area contributed by atoms with Crippen LogP contribution in [0.2, 0.25) is 0 Å². The maximum Gasteiger partial charge on any atom is 0.214 e. The van der Waals surface area contributed by atoms with Crippen LogP contribution in [0, 0.1) is 6.07 Å². The van der Waals surface area contributed by atoms with E-state index in [2.05, 4.69) is 6.07 Å². The Morgan fingerprint density at radius 1 is 1.57 bits per heavy atom. The van der Waals surface area contributed by atoms with E-state index >= 15 is 0 Å². The Bertz CT molecular complexity index is 290. The number of hydrogen-bond acceptors (Lipinski definition) is 2. The molecule has 1 amide bonds. The molecule has 0 aliphatic heterocycles. The van der Waals surface area contributed by atoms with Crippen LogP contribution in [-0.2, 0) is 4.79 Å². The number of carbonyl (C=O) groups excluding carboxylic acids is 1. The number of rotatable bonds is 4. The summed E-state index contributed by atoms with van der Waals surface area (Å²) in [5.74, 6) is 0. The predicted molar refractivity (Wildman–Crippen MR) is 57.0 cm³/mol. The first-order valence-electron chi connectivity index (χ1n) is 4.50. The highest BCUT2D eigenvalue weighted by molar-refractivity contribution is 5.74. The van der Waals surface area contributed by atoms with Crippen molar-refractivity contribution < 1.29 is 4.79 Å². The van der Waals surface area contributed by atoms with E-state index < -0.39 is 5.54 Å². The summed E-state index contributed by atoms with van der Waals surface area (Å²) in [7, 11) is 0. The fourth-order valence-corrected chi connectivity index (χ4v) is 1.18. The van der Waals surface area contributed by atoms with Gasteiger partial charge in [0.25, 0.3) is 0 Å². The third kappa shape index (κ3) is 3.18. The highest BCUT2D eigenvalue weighted by atomic mass is 16.1. The molecule has 0 bridgehead atoms. The van der Waals surface area contributed by atoms with Gasteiger partial charge in [-0.1, -0.05) is 18.2 Å². The lowest BCUT2D eigenvalue weighted by molar-refractivity contribution is -0.107. The Morgan fingerprint density at radius 2 is 2.29 bits per heavy atom. The zero-order valence-electron chi connectivity index (χ0n) is 8.53. The van der Waals surface area contributed by atoms with Gasteiger partial charge in [-0.15, -0.1) is 0 Å². The molecule has 1 radical (unpaired) electrons. The van der Waals surface area contributed by atoms with E-state index in [9.17, 15) is 4.79 Å². The molecular formula is C11H15N2O. The number of para-hydroxylation sites is 1. The molecule has 0 spiro atoms. The van der Waals surface area contributed by atoms with Crippen LogP contribution in [0.1, 0.15) is 13.8 Å². The average Bonchev–Trinajstić information content (AvgIpc) is 2.14. The Hall–Kier alpha value is -1.35. The zero-order chi connectivity index (χ0) is 10.6. The molecule has 1 aromatic rings. The van der Waals surface area contributed by atoms with Gasteiger partial charge in [-0.3, -0.25) is 4.79 Å². The van der Waals surface area contributed by atoms with Gasteiger partial charge < -0.3 is 10.6 Å². The molecule has 75 valence electrons. The topological polar surface area (TPSA) is 46.3 Å². The SMILES string of the molecule is CC(C)(N)CN(C=O)c1[c]cccc1. The van der Waals surface area contributed by atoms with E-state index in [0.29, 0.717) is 6.54 Å². The molecular weight excluding hydrogens is 176 g/mol. The summed E-state index contributed by atoms with van der Waals surface area (Å²) in [6.07, 6.45) is 0.778. The average molecular weight is 191 g/mol. The molecule has 1 aromatic carbocycles. The number of nitrogens with two attached hydrogens (primary N) is 1.